The Hall–Kier alpha value is -4.02. The summed E-state index contributed by atoms with van der Waals surface area (Å²) in [5, 5.41) is 12.1. The molecule has 1 aliphatic rings. The van der Waals surface area contributed by atoms with Gasteiger partial charge in [-0.3, -0.25) is 4.79 Å². The lowest BCUT2D eigenvalue weighted by molar-refractivity contribution is 0.0924. The average molecular weight is 487 g/mol. The number of furan rings is 1. The van der Waals surface area contributed by atoms with Gasteiger partial charge in [-0.25, -0.2) is 9.78 Å². The molecule has 3 amide bonds. The van der Waals surface area contributed by atoms with Gasteiger partial charge in [-0.1, -0.05) is 6.07 Å². The molecule has 2 aromatic heterocycles. The molecular formula is C25H30BN7O3. The van der Waals surface area contributed by atoms with Crippen LogP contribution < -0.4 is 26.7 Å². The number of carbonyl (C=O) groups is 2. The Labute approximate surface area is 211 Å². The Kier molecular flexibility index (Phi) is 8.09. The minimum atomic E-state index is -0.238. The molecule has 0 atom stereocenters. The summed E-state index contributed by atoms with van der Waals surface area (Å²) in [6.45, 7) is 6.32. The maximum Gasteiger partial charge on any atom is 0.321 e. The van der Waals surface area contributed by atoms with Crippen LogP contribution in [0.4, 0.5) is 27.9 Å². The van der Waals surface area contributed by atoms with Gasteiger partial charge < -0.3 is 30.6 Å². The van der Waals surface area contributed by atoms with Gasteiger partial charge in [0, 0.05) is 43.8 Å². The highest BCUT2D eigenvalue weighted by molar-refractivity contribution is 6.35. The summed E-state index contributed by atoms with van der Waals surface area (Å²) in [4.78, 5) is 35.0. The van der Waals surface area contributed by atoms with E-state index in [0.717, 1.165) is 42.9 Å². The molecule has 1 aromatic carbocycles. The third kappa shape index (κ3) is 6.56. The van der Waals surface area contributed by atoms with Crippen molar-refractivity contribution in [3.63, 3.8) is 0 Å². The minimum absolute atomic E-state index is 0.0922. The van der Waals surface area contributed by atoms with Crippen molar-refractivity contribution in [3.8, 4) is 0 Å². The normalized spacial score (nSPS) is 12.9. The van der Waals surface area contributed by atoms with E-state index in [9.17, 15) is 9.59 Å². The number of carbonyl (C=O) groups excluding carboxylic acids is 2. The lowest BCUT2D eigenvalue weighted by Crippen LogP contribution is -2.32. The number of hydrogen-bond donors (Lipinski definition) is 4. The zero-order valence-corrected chi connectivity index (χ0v) is 20.6. The summed E-state index contributed by atoms with van der Waals surface area (Å²) in [6, 6.07) is 9.01. The number of benzene rings is 1. The molecule has 3 heterocycles. The number of likely N-dealkylation sites (tertiary alicyclic amines) is 1. The lowest BCUT2D eigenvalue weighted by atomic mass is 9.99. The van der Waals surface area contributed by atoms with E-state index in [0.29, 0.717) is 48.2 Å². The summed E-state index contributed by atoms with van der Waals surface area (Å²) >= 11 is 0. The molecule has 0 bridgehead atoms. The van der Waals surface area contributed by atoms with Crippen molar-refractivity contribution < 1.29 is 14.0 Å². The standard InChI is InChI=1S/C25H30BN7O3/c1-16-13-21(36-17(16)2)23(34)28-10-6-9-27-22-20(26)15-29-24(32-22)30-18-7-5-8-19(14-18)31-25(35)33-11-3-4-12-33/h5,7-8,13-15H,3-4,6,9-12H2,1-2H3,(H,28,34)(H,31,35)(H2,27,29,30,32). The Morgan fingerprint density at radius 2 is 1.89 bits per heavy atom. The summed E-state index contributed by atoms with van der Waals surface area (Å²) < 4.78 is 5.44. The minimum Gasteiger partial charge on any atom is -0.456 e. The number of amides is 3. The summed E-state index contributed by atoms with van der Waals surface area (Å²) in [7, 11) is 6.03. The third-order valence-electron chi connectivity index (χ3n) is 5.90. The zero-order valence-electron chi connectivity index (χ0n) is 20.6. The third-order valence-corrected chi connectivity index (χ3v) is 5.90. The second kappa shape index (κ2) is 11.6. The van der Waals surface area contributed by atoms with Crippen molar-refractivity contribution in [1.29, 1.82) is 0 Å². The summed E-state index contributed by atoms with van der Waals surface area (Å²) in [6.07, 6.45) is 4.27. The quantitative estimate of drug-likeness (QED) is 0.270. The molecule has 4 N–H and O–H groups in total. The molecule has 0 spiro atoms. The van der Waals surface area contributed by atoms with Crippen LogP contribution in [0, 0.1) is 13.8 Å². The van der Waals surface area contributed by atoms with Crippen molar-refractivity contribution in [2.45, 2.75) is 33.1 Å². The first-order valence-electron chi connectivity index (χ1n) is 12.0. The lowest BCUT2D eigenvalue weighted by Gasteiger charge is -2.16. The molecule has 1 aliphatic heterocycles. The van der Waals surface area contributed by atoms with E-state index >= 15 is 0 Å². The largest absolute Gasteiger partial charge is 0.456 e. The molecule has 1 fully saturated rings. The van der Waals surface area contributed by atoms with Gasteiger partial charge in [0.25, 0.3) is 5.91 Å². The van der Waals surface area contributed by atoms with E-state index in [1.165, 1.54) is 6.20 Å². The van der Waals surface area contributed by atoms with Gasteiger partial charge in [0.1, 0.15) is 19.4 Å². The predicted octanol–water partition coefficient (Wildman–Crippen LogP) is 3.08. The topological polar surface area (TPSA) is 124 Å². The van der Waals surface area contributed by atoms with Crippen LogP contribution in [-0.4, -0.2) is 60.8 Å². The smallest absolute Gasteiger partial charge is 0.321 e. The van der Waals surface area contributed by atoms with E-state index < -0.39 is 0 Å². The molecule has 1 saturated heterocycles. The Balaban J connectivity index is 1.27. The van der Waals surface area contributed by atoms with Crippen LogP contribution >= 0.6 is 0 Å². The Morgan fingerprint density at radius 1 is 1.11 bits per heavy atom. The molecule has 10 nitrogen and oxygen atoms in total. The van der Waals surface area contributed by atoms with Crippen molar-refractivity contribution in [2.75, 3.05) is 42.1 Å². The second-order valence-electron chi connectivity index (χ2n) is 8.71. The van der Waals surface area contributed by atoms with Crippen LogP contribution in [0.1, 0.15) is 41.1 Å². The number of urea groups is 1. The number of hydrogen-bond acceptors (Lipinski definition) is 7. The van der Waals surface area contributed by atoms with Crippen molar-refractivity contribution in [2.24, 2.45) is 0 Å². The van der Waals surface area contributed by atoms with E-state index in [1.54, 1.807) is 6.07 Å². The molecule has 11 heteroatoms. The molecule has 0 saturated carbocycles. The van der Waals surface area contributed by atoms with Crippen LogP contribution in [-0.2, 0) is 0 Å². The highest BCUT2D eigenvalue weighted by Gasteiger charge is 2.18. The van der Waals surface area contributed by atoms with E-state index in [-0.39, 0.29) is 11.9 Å². The molecule has 0 unspecified atom stereocenters. The number of rotatable bonds is 9. The molecule has 36 heavy (non-hydrogen) atoms. The fourth-order valence-electron chi connectivity index (χ4n) is 3.79. The number of aryl methyl sites for hydroxylation is 2. The molecule has 4 rings (SSSR count). The van der Waals surface area contributed by atoms with Crippen LogP contribution in [0.25, 0.3) is 0 Å². The van der Waals surface area contributed by atoms with Gasteiger partial charge in [0.15, 0.2) is 5.76 Å². The highest BCUT2D eigenvalue weighted by Crippen LogP contribution is 2.20. The maximum atomic E-state index is 12.4. The molecule has 3 aromatic rings. The summed E-state index contributed by atoms with van der Waals surface area (Å²) in [5.74, 6) is 1.68. The number of nitrogens with zero attached hydrogens (tertiary/aromatic N) is 3. The monoisotopic (exact) mass is 487 g/mol. The molecule has 186 valence electrons. The Morgan fingerprint density at radius 3 is 2.64 bits per heavy atom. The van der Waals surface area contributed by atoms with E-state index in [2.05, 4.69) is 31.2 Å². The van der Waals surface area contributed by atoms with Crippen LogP contribution in [0.2, 0.25) is 0 Å². The molecule has 0 aliphatic carbocycles. The van der Waals surface area contributed by atoms with E-state index in [4.69, 9.17) is 12.3 Å². The highest BCUT2D eigenvalue weighted by atomic mass is 16.3. The second-order valence-corrected chi connectivity index (χ2v) is 8.71. The fraction of sp³-hybridized carbons (Fsp3) is 0.360. The molecular weight excluding hydrogens is 457 g/mol. The van der Waals surface area contributed by atoms with Gasteiger partial charge in [0.05, 0.1) is 0 Å². The van der Waals surface area contributed by atoms with Gasteiger partial charge >= 0.3 is 6.03 Å². The Bertz CT molecular complexity index is 1200. The average Bonchev–Trinajstić information content (AvgIpc) is 3.51. The number of aromatic nitrogens is 2. The van der Waals surface area contributed by atoms with Crippen molar-refractivity contribution in [1.82, 2.24) is 20.2 Å². The van der Waals surface area contributed by atoms with Gasteiger partial charge in [-0.2, -0.15) is 4.98 Å². The SMILES string of the molecule is [B]c1cnc(Nc2cccc(NC(=O)N3CCCC3)c2)nc1NCCCNC(=O)c1cc(C)c(C)o1. The first-order chi connectivity index (χ1) is 17.4. The van der Waals surface area contributed by atoms with E-state index in [1.807, 2.05) is 43.0 Å². The van der Waals surface area contributed by atoms with Gasteiger partial charge in [-0.05, 0) is 68.4 Å². The predicted molar refractivity (Wildman–Crippen MR) is 141 cm³/mol. The number of anilines is 4. The molecule has 2 radical (unpaired) electrons. The van der Waals surface area contributed by atoms with Gasteiger partial charge in [-0.15, -0.1) is 0 Å². The van der Waals surface area contributed by atoms with Crippen LogP contribution in [0.15, 0.2) is 40.9 Å². The van der Waals surface area contributed by atoms with Crippen LogP contribution in [0.5, 0.6) is 0 Å². The first kappa shape index (κ1) is 25.1. The number of nitrogens with one attached hydrogen (secondary N) is 4. The fourth-order valence-corrected chi connectivity index (χ4v) is 3.79. The summed E-state index contributed by atoms with van der Waals surface area (Å²) in [5.41, 5.74) is 2.78. The maximum absolute atomic E-state index is 12.4. The van der Waals surface area contributed by atoms with Crippen LogP contribution in [0.3, 0.4) is 0 Å². The zero-order chi connectivity index (χ0) is 25.5. The first-order valence-corrected chi connectivity index (χ1v) is 12.0. The van der Waals surface area contributed by atoms with Gasteiger partial charge in [0.2, 0.25) is 5.95 Å². The van der Waals surface area contributed by atoms with Crippen molar-refractivity contribution in [3.05, 3.63) is 53.6 Å². The van der Waals surface area contributed by atoms with Crippen molar-refractivity contribution >= 4 is 48.4 Å².